The van der Waals surface area contributed by atoms with Crippen LogP contribution in [-0.2, 0) is 11.3 Å². The van der Waals surface area contributed by atoms with E-state index in [1.807, 2.05) is 21.7 Å². The van der Waals surface area contributed by atoms with Crippen LogP contribution in [0.25, 0.3) is 0 Å². The van der Waals surface area contributed by atoms with E-state index in [1.54, 1.807) is 6.07 Å². The van der Waals surface area contributed by atoms with Gasteiger partial charge in [0.1, 0.15) is 11.8 Å². The highest BCUT2D eigenvalue weighted by Crippen LogP contribution is 2.22. The van der Waals surface area contributed by atoms with Crippen LogP contribution < -0.4 is 4.72 Å². The van der Waals surface area contributed by atoms with Crippen molar-refractivity contribution >= 4 is 17.9 Å². The van der Waals surface area contributed by atoms with Crippen LogP contribution in [-0.4, -0.2) is 34.5 Å². The quantitative estimate of drug-likeness (QED) is 0.692. The molecule has 1 atom stereocenters. The van der Waals surface area contributed by atoms with Crippen LogP contribution in [0.3, 0.4) is 0 Å². The summed E-state index contributed by atoms with van der Waals surface area (Å²) in [5.41, 5.74) is 3.06. The maximum absolute atomic E-state index is 13.2. The summed E-state index contributed by atoms with van der Waals surface area (Å²) in [7, 11) is 0. The highest BCUT2D eigenvalue weighted by Gasteiger charge is 2.27. The number of aryl methyl sites for hydroxylation is 3. The summed E-state index contributed by atoms with van der Waals surface area (Å²) in [5, 5.41) is 9.25. The molecule has 0 saturated carbocycles. The molecule has 0 aliphatic carbocycles. The molecule has 2 heterocycles. The van der Waals surface area contributed by atoms with Crippen molar-refractivity contribution < 1.29 is 4.79 Å². The van der Waals surface area contributed by atoms with E-state index in [4.69, 9.17) is 0 Å². The number of carbonyl (C=O) groups is 1. The van der Waals surface area contributed by atoms with Crippen molar-refractivity contribution in [1.29, 1.82) is 5.26 Å². The zero-order valence-electron chi connectivity index (χ0n) is 17.5. The van der Waals surface area contributed by atoms with Crippen molar-refractivity contribution in [2.75, 3.05) is 13.1 Å². The van der Waals surface area contributed by atoms with Gasteiger partial charge in [-0.3, -0.25) is 4.79 Å². The fourth-order valence-corrected chi connectivity index (χ4v) is 4.78. The minimum absolute atomic E-state index is 0.166. The number of rotatable bonds is 7. The maximum Gasteiger partial charge on any atom is 0.240 e. The Balaban J connectivity index is 1.69. The summed E-state index contributed by atoms with van der Waals surface area (Å²) in [4.78, 5) is 16.4. The minimum Gasteiger partial charge on any atom is -0.341 e. The first kappa shape index (κ1) is 21.5. The zero-order chi connectivity index (χ0) is 20.8. The first-order valence-electron chi connectivity index (χ1n) is 10.3. The molecule has 5 nitrogen and oxygen atoms in total. The van der Waals surface area contributed by atoms with Crippen molar-refractivity contribution in [2.24, 2.45) is 5.92 Å². The van der Waals surface area contributed by atoms with Crippen molar-refractivity contribution in [3.05, 3.63) is 53.3 Å². The van der Waals surface area contributed by atoms with Crippen molar-refractivity contribution in [1.82, 2.24) is 14.2 Å². The van der Waals surface area contributed by atoms with E-state index in [1.165, 1.54) is 23.1 Å². The lowest BCUT2D eigenvalue weighted by molar-refractivity contribution is -0.134. The van der Waals surface area contributed by atoms with Crippen LogP contribution in [0.4, 0.5) is 0 Å². The molecule has 1 N–H and O–H groups in total. The summed E-state index contributed by atoms with van der Waals surface area (Å²) >= 11 is 1.53. The molecule has 2 aromatic rings. The van der Waals surface area contributed by atoms with Gasteiger partial charge in [-0.15, -0.1) is 0 Å². The Hall–Kier alpha value is -2.23. The SMILES string of the molecule is Cc1cc(C)cc(SNC(CCn2cccc2C#N)C(=O)N2CCC(C)CC2)c1. The zero-order valence-corrected chi connectivity index (χ0v) is 18.3. The molecule has 154 valence electrons. The Bertz CT molecular complexity index is 857. The van der Waals surface area contributed by atoms with Gasteiger partial charge in [-0.05, 0) is 86.4 Å². The molecule has 6 heteroatoms. The molecule has 29 heavy (non-hydrogen) atoms. The molecule has 1 saturated heterocycles. The number of nitrogens with zero attached hydrogens (tertiary/aromatic N) is 3. The van der Waals surface area contributed by atoms with E-state index in [-0.39, 0.29) is 11.9 Å². The van der Waals surface area contributed by atoms with Gasteiger partial charge in [-0.1, -0.05) is 13.0 Å². The van der Waals surface area contributed by atoms with E-state index < -0.39 is 0 Å². The Kier molecular flexibility index (Phi) is 7.40. The van der Waals surface area contributed by atoms with E-state index >= 15 is 0 Å². The molecule has 1 aliphatic rings. The third-order valence-electron chi connectivity index (χ3n) is 5.51. The first-order valence-corrected chi connectivity index (χ1v) is 11.1. The Labute approximate surface area is 178 Å². The molecule has 3 rings (SSSR count). The standard InChI is InChI=1S/C23H30N4OS/c1-17-6-10-27(11-7-17)23(28)22(8-12-26-9-4-5-20(26)16-24)25-29-21-14-18(2)13-19(3)15-21/h4-5,9,13-15,17,22,25H,6-8,10-12H2,1-3H3. The van der Waals surface area contributed by atoms with Crippen LogP contribution >= 0.6 is 11.9 Å². The minimum atomic E-state index is -0.289. The number of piperidine rings is 1. The van der Waals surface area contributed by atoms with Crippen molar-refractivity contribution in [3.63, 3.8) is 0 Å². The highest BCUT2D eigenvalue weighted by atomic mass is 32.2. The van der Waals surface area contributed by atoms with Crippen LogP contribution in [0.5, 0.6) is 0 Å². The van der Waals surface area contributed by atoms with E-state index in [0.717, 1.165) is 30.8 Å². The van der Waals surface area contributed by atoms with Gasteiger partial charge in [-0.25, -0.2) is 4.72 Å². The molecule has 1 unspecified atom stereocenters. The molecular weight excluding hydrogens is 380 g/mol. The number of likely N-dealkylation sites (tertiary alicyclic amines) is 1. The lowest BCUT2D eigenvalue weighted by atomic mass is 9.98. The number of hydrogen-bond acceptors (Lipinski definition) is 4. The maximum atomic E-state index is 13.2. The molecule has 1 fully saturated rings. The van der Waals surface area contributed by atoms with Gasteiger partial charge in [0.25, 0.3) is 0 Å². The molecule has 1 aromatic carbocycles. The van der Waals surface area contributed by atoms with Crippen LogP contribution in [0, 0.1) is 31.1 Å². The van der Waals surface area contributed by atoms with Gasteiger partial charge >= 0.3 is 0 Å². The number of nitriles is 1. The van der Waals surface area contributed by atoms with Gasteiger partial charge in [-0.2, -0.15) is 5.26 Å². The number of nitrogens with one attached hydrogen (secondary N) is 1. The Morgan fingerprint density at radius 3 is 2.62 bits per heavy atom. The predicted octanol–water partition coefficient (Wildman–Crippen LogP) is 4.29. The number of hydrogen-bond donors (Lipinski definition) is 1. The van der Waals surface area contributed by atoms with Crippen LogP contribution in [0.1, 0.15) is 43.0 Å². The largest absolute Gasteiger partial charge is 0.341 e. The molecule has 1 aliphatic heterocycles. The third-order valence-corrected chi connectivity index (χ3v) is 6.38. The summed E-state index contributed by atoms with van der Waals surface area (Å²) < 4.78 is 5.35. The molecule has 0 bridgehead atoms. The highest BCUT2D eigenvalue weighted by molar-refractivity contribution is 7.97. The average Bonchev–Trinajstić information content (AvgIpc) is 3.15. The van der Waals surface area contributed by atoms with E-state index in [9.17, 15) is 10.1 Å². The fourth-order valence-electron chi connectivity index (χ4n) is 3.79. The fraction of sp³-hybridized carbons (Fsp3) is 0.478. The summed E-state index contributed by atoms with van der Waals surface area (Å²) in [6.45, 7) is 8.73. The third kappa shape index (κ3) is 5.88. The van der Waals surface area contributed by atoms with Gasteiger partial charge in [0.15, 0.2) is 0 Å². The molecule has 1 amide bonds. The van der Waals surface area contributed by atoms with Crippen molar-refractivity contribution in [3.8, 4) is 6.07 Å². The lowest BCUT2D eigenvalue weighted by Crippen LogP contribution is -2.47. The first-order chi connectivity index (χ1) is 14.0. The molecule has 1 aromatic heterocycles. The second kappa shape index (κ2) is 10.00. The summed E-state index contributed by atoms with van der Waals surface area (Å²) in [6.07, 6.45) is 4.68. The number of benzene rings is 1. The number of aromatic nitrogens is 1. The van der Waals surface area contributed by atoms with Gasteiger partial charge in [0.05, 0.1) is 6.04 Å². The summed E-state index contributed by atoms with van der Waals surface area (Å²) in [5.74, 6) is 0.854. The van der Waals surface area contributed by atoms with Gasteiger partial charge < -0.3 is 9.47 Å². The average molecular weight is 411 g/mol. The smallest absolute Gasteiger partial charge is 0.240 e. The van der Waals surface area contributed by atoms with Crippen LogP contribution in [0.2, 0.25) is 0 Å². The van der Waals surface area contributed by atoms with E-state index in [0.29, 0.717) is 24.6 Å². The molecule has 0 spiro atoms. The molecule has 0 radical (unpaired) electrons. The Morgan fingerprint density at radius 1 is 1.28 bits per heavy atom. The Morgan fingerprint density at radius 2 is 1.97 bits per heavy atom. The predicted molar refractivity (Wildman–Crippen MR) is 117 cm³/mol. The van der Waals surface area contributed by atoms with Gasteiger partial charge in [0.2, 0.25) is 5.91 Å². The van der Waals surface area contributed by atoms with Gasteiger partial charge in [0, 0.05) is 30.7 Å². The van der Waals surface area contributed by atoms with Crippen molar-refractivity contribution in [2.45, 2.75) is 57.5 Å². The van der Waals surface area contributed by atoms with E-state index in [2.05, 4.69) is 49.8 Å². The summed E-state index contributed by atoms with van der Waals surface area (Å²) in [6, 6.07) is 12.0. The second-order valence-electron chi connectivity index (χ2n) is 8.09. The lowest BCUT2D eigenvalue weighted by Gasteiger charge is -2.33. The number of carbonyl (C=O) groups excluding carboxylic acids is 1. The molecular formula is C23H30N4OS. The van der Waals surface area contributed by atoms with Crippen LogP contribution in [0.15, 0.2) is 41.4 Å². The second-order valence-corrected chi connectivity index (χ2v) is 9.00. The monoisotopic (exact) mass is 410 g/mol. The topological polar surface area (TPSA) is 61.1 Å². The number of amides is 1. The normalized spacial score (nSPS) is 15.9.